The lowest BCUT2D eigenvalue weighted by Gasteiger charge is -2.11. The van der Waals surface area contributed by atoms with Crippen LogP contribution in [0, 0.1) is 0 Å². The van der Waals surface area contributed by atoms with Gasteiger partial charge in [-0.25, -0.2) is 0 Å². The minimum absolute atomic E-state index is 0.467. The third-order valence-corrected chi connectivity index (χ3v) is 3.14. The highest BCUT2D eigenvalue weighted by atomic mass is 35.5. The Bertz CT molecular complexity index is 575. The quantitative estimate of drug-likeness (QED) is 0.844. The summed E-state index contributed by atoms with van der Waals surface area (Å²) >= 11 is 17.1. The molecule has 3 nitrogen and oxygen atoms in total. The molecule has 0 unspecified atom stereocenters. The van der Waals surface area contributed by atoms with Crippen LogP contribution in [0.2, 0.25) is 10.0 Å². The first kappa shape index (κ1) is 14.1. The maximum Gasteiger partial charge on any atom is 0.171 e. The summed E-state index contributed by atoms with van der Waals surface area (Å²) in [5.74, 6) is 0. The molecule has 98 valence electrons. The van der Waals surface area contributed by atoms with Gasteiger partial charge in [0.15, 0.2) is 5.11 Å². The van der Waals surface area contributed by atoms with Gasteiger partial charge in [-0.1, -0.05) is 29.3 Å². The number of rotatable bonds is 3. The first-order valence-electron chi connectivity index (χ1n) is 5.55. The van der Waals surface area contributed by atoms with Crippen LogP contribution in [0.1, 0.15) is 5.69 Å². The molecule has 0 aliphatic rings. The smallest absolute Gasteiger partial charge is 0.171 e. The van der Waals surface area contributed by atoms with Gasteiger partial charge >= 0.3 is 0 Å². The molecule has 1 heterocycles. The molecule has 0 spiro atoms. The highest BCUT2D eigenvalue weighted by Crippen LogP contribution is 2.25. The number of thiocarbonyl (C=S) groups is 1. The molecule has 2 N–H and O–H groups in total. The van der Waals surface area contributed by atoms with Gasteiger partial charge in [-0.2, -0.15) is 0 Å². The van der Waals surface area contributed by atoms with Gasteiger partial charge in [0.25, 0.3) is 0 Å². The zero-order chi connectivity index (χ0) is 13.7. The molecule has 6 heteroatoms. The summed E-state index contributed by atoms with van der Waals surface area (Å²) in [6.45, 7) is 0.546. The minimum Gasteiger partial charge on any atom is -0.357 e. The molecule has 2 aromatic rings. The average molecular weight is 312 g/mol. The lowest BCUT2D eigenvalue weighted by atomic mass is 10.3. The van der Waals surface area contributed by atoms with Crippen LogP contribution in [-0.4, -0.2) is 10.1 Å². The number of pyridine rings is 1. The second-order valence-electron chi connectivity index (χ2n) is 3.75. The Balaban J connectivity index is 1.93. The van der Waals surface area contributed by atoms with E-state index in [4.69, 9.17) is 35.4 Å². The summed E-state index contributed by atoms with van der Waals surface area (Å²) in [4.78, 5) is 4.19. The van der Waals surface area contributed by atoms with Crippen molar-refractivity contribution in [3.05, 3.63) is 58.3 Å². The summed E-state index contributed by atoms with van der Waals surface area (Å²) < 4.78 is 0. The van der Waals surface area contributed by atoms with Crippen LogP contribution < -0.4 is 10.6 Å². The fraction of sp³-hybridized carbons (Fsp3) is 0.0769. The van der Waals surface area contributed by atoms with E-state index in [-0.39, 0.29) is 0 Å². The second kappa shape index (κ2) is 6.70. The molecular weight excluding hydrogens is 301 g/mol. The molecule has 0 aliphatic carbocycles. The largest absolute Gasteiger partial charge is 0.357 e. The van der Waals surface area contributed by atoms with Crippen molar-refractivity contribution in [1.29, 1.82) is 0 Å². The van der Waals surface area contributed by atoms with Crippen LogP contribution in [0.5, 0.6) is 0 Å². The van der Waals surface area contributed by atoms with E-state index in [9.17, 15) is 0 Å². The number of benzene rings is 1. The van der Waals surface area contributed by atoms with E-state index in [1.54, 1.807) is 24.4 Å². The van der Waals surface area contributed by atoms with Gasteiger partial charge in [0, 0.05) is 11.2 Å². The Morgan fingerprint density at radius 2 is 2.05 bits per heavy atom. The number of nitrogens with one attached hydrogen (secondary N) is 2. The maximum atomic E-state index is 6.04. The molecule has 1 aromatic heterocycles. The van der Waals surface area contributed by atoms with E-state index in [1.165, 1.54) is 0 Å². The third-order valence-electron chi connectivity index (χ3n) is 2.33. The highest BCUT2D eigenvalue weighted by Gasteiger charge is 2.03. The number of hydrogen-bond donors (Lipinski definition) is 2. The standard InChI is InChI=1S/C13H11Cl2N3S/c14-9-4-5-11(15)12(7-9)18-13(19)17-8-10-3-1-2-6-16-10/h1-7H,8H2,(H2,17,18,19). The van der Waals surface area contributed by atoms with Crippen LogP contribution in [0.25, 0.3) is 0 Å². The number of anilines is 1. The molecule has 0 amide bonds. The molecule has 0 atom stereocenters. The number of halogens is 2. The fourth-order valence-electron chi connectivity index (χ4n) is 1.43. The van der Waals surface area contributed by atoms with Crippen molar-refractivity contribution in [3.63, 3.8) is 0 Å². The normalized spacial score (nSPS) is 10.0. The van der Waals surface area contributed by atoms with E-state index >= 15 is 0 Å². The predicted octanol–water partition coefficient (Wildman–Crippen LogP) is 3.88. The summed E-state index contributed by atoms with van der Waals surface area (Å²) in [7, 11) is 0. The van der Waals surface area contributed by atoms with Crippen LogP contribution in [-0.2, 0) is 6.54 Å². The molecule has 1 aromatic carbocycles. The van der Waals surface area contributed by atoms with E-state index in [0.29, 0.717) is 27.4 Å². The highest BCUT2D eigenvalue weighted by molar-refractivity contribution is 7.80. The number of nitrogens with zero attached hydrogens (tertiary/aromatic N) is 1. The molecule has 0 fully saturated rings. The van der Waals surface area contributed by atoms with Crippen molar-refractivity contribution in [2.75, 3.05) is 5.32 Å². The van der Waals surface area contributed by atoms with Crippen molar-refractivity contribution >= 4 is 46.2 Å². The van der Waals surface area contributed by atoms with Gasteiger partial charge in [0.1, 0.15) is 0 Å². The van der Waals surface area contributed by atoms with E-state index in [1.807, 2.05) is 18.2 Å². The van der Waals surface area contributed by atoms with Gasteiger partial charge in [-0.15, -0.1) is 0 Å². The molecule has 0 radical (unpaired) electrons. The van der Waals surface area contributed by atoms with Crippen molar-refractivity contribution in [3.8, 4) is 0 Å². The SMILES string of the molecule is S=C(NCc1ccccn1)Nc1cc(Cl)ccc1Cl. The van der Waals surface area contributed by atoms with Gasteiger partial charge in [0.05, 0.1) is 22.9 Å². The lowest BCUT2D eigenvalue weighted by Crippen LogP contribution is -2.28. The number of aromatic nitrogens is 1. The van der Waals surface area contributed by atoms with E-state index < -0.39 is 0 Å². The molecular formula is C13H11Cl2N3S. The monoisotopic (exact) mass is 311 g/mol. The fourth-order valence-corrected chi connectivity index (χ4v) is 1.95. The Morgan fingerprint density at radius 3 is 2.79 bits per heavy atom. The van der Waals surface area contributed by atoms with Crippen LogP contribution in [0.3, 0.4) is 0 Å². The van der Waals surface area contributed by atoms with Crippen molar-refractivity contribution in [1.82, 2.24) is 10.3 Å². The molecule has 2 rings (SSSR count). The zero-order valence-electron chi connectivity index (χ0n) is 9.86. The zero-order valence-corrected chi connectivity index (χ0v) is 12.2. The van der Waals surface area contributed by atoms with Gasteiger partial charge in [-0.3, -0.25) is 4.98 Å². The molecule has 0 bridgehead atoms. The first-order chi connectivity index (χ1) is 9.15. The summed E-state index contributed by atoms with van der Waals surface area (Å²) in [5, 5.41) is 7.67. The minimum atomic E-state index is 0.467. The Morgan fingerprint density at radius 1 is 1.21 bits per heavy atom. The lowest BCUT2D eigenvalue weighted by molar-refractivity contribution is 0.882. The van der Waals surface area contributed by atoms with E-state index in [0.717, 1.165) is 5.69 Å². The average Bonchev–Trinajstić information content (AvgIpc) is 2.42. The van der Waals surface area contributed by atoms with Gasteiger partial charge in [-0.05, 0) is 42.5 Å². The summed E-state index contributed by atoms with van der Waals surface area (Å²) in [6.07, 6.45) is 1.74. The molecule has 0 saturated heterocycles. The predicted molar refractivity (Wildman–Crippen MR) is 83.8 cm³/mol. The van der Waals surface area contributed by atoms with Crippen LogP contribution >= 0.6 is 35.4 Å². The maximum absolute atomic E-state index is 6.04. The number of hydrogen-bond acceptors (Lipinski definition) is 2. The Kier molecular flexibility index (Phi) is 4.96. The third kappa shape index (κ3) is 4.35. The summed E-state index contributed by atoms with van der Waals surface area (Å²) in [5.41, 5.74) is 1.58. The van der Waals surface area contributed by atoms with Crippen molar-refractivity contribution in [2.24, 2.45) is 0 Å². The van der Waals surface area contributed by atoms with E-state index in [2.05, 4.69) is 15.6 Å². The van der Waals surface area contributed by atoms with Crippen molar-refractivity contribution in [2.45, 2.75) is 6.54 Å². The molecule has 19 heavy (non-hydrogen) atoms. The van der Waals surface area contributed by atoms with Crippen LogP contribution in [0.4, 0.5) is 5.69 Å². The Hall–Kier alpha value is -1.36. The van der Waals surface area contributed by atoms with Gasteiger partial charge in [0.2, 0.25) is 0 Å². The second-order valence-corrected chi connectivity index (χ2v) is 5.00. The van der Waals surface area contributed by atoms with Gasteiger partial charge < -0.3 is 10.6 Å². The van der Waals surface area contributed by atoms with Crippen LogP contribution in [0.15, 0.2) is 42.6 Å². The Labute approximate surface area is 127 Å². The van der Waals surface area contributed by atoms with Crippen molar-refractivity contribution < 1.29 is 0 Å². The summed E-state index contributed by atoms with van der Waals surface area (Å²) in [6, 6.07) is 10.9. The molecule has 0 aliphatic heterocycles. The molecule has 0 saturated carbocycles. The topological polar surface area (TPSA) is 37.0 Å². The first-order valence-corrected chi connectivity index (χ1v) is 6.71.